The molecule has 0 spiro atoms. The zero-order chi connectivity index (χ0) is 16.9. The zero-order valence-corrected chi connectivity index (χ0v) is 13.7. The van der Waals surface area contributed by atoms with Crippen LogP contribution in [0.4, 0.5) is 0 Å². The number of ether oxygens (including phenoxy) is 4. The lowest BCUT2D eigenvalue weighted by molar-refractivity contribution is -0.155. The van der Waals surface area contributed by atoms with E-state index in [4.69, 9.17) is 23.4 Å². The first kappa shape index (κ1) is 14.5. The number of furan rings is 1. The second kappa shape index (κ2) is 4.21. The molecule has 4 aliphatic rings. The number of carbonyl (C=O) groups is 2. The molecule has 0 amide bonds. The summed E-state index contributed by atoms with van der Waals surface area (Å²) in [6, 6.07) is 0. The Hall–Kier alpha value is -1.86. The average Bonchev–Trinajstić information content (AvgIpc) is 3.33. The largest absolute Gasteiger partial charge is 0.465 e. The maximum Gasteiger partial charge on any atom is 0.342 e. The van der Waals surface area contributed by atoms with Crippen molar-refractivity contribution in [3.8, 4) is 0 Å². The fraction of sp³-hybridized carbons (Fsp3) is 0.647. The second-order valence-corrected chi connectivity index (χ2v) is 7.27. The maximum atomic E-state index is 12.3. The molecule has 1 aromatic heterocycles. The molecule has 3 aliphatic heterocycles. The highest BCUT2D eigenvalue weighted by atomic mass is 16.7. The second-order valence-electron chi connectivity index (χ2n) is 7.27. The molecule has 7 heteroatoms. The molecule has 5 rings (SSSR count). The van der Waals surface area contributed by atoms with Gasteiger partial charge in [-0.15, -0.1) is 0 Å². The third-order valence-electron chi connectivity index (χ3n) is 5.73. The minimum atomic E-state index is -0.840. The minimum Gasteiger partial charge on any atom is -0.465 e. The van der Waals surface area contributed by atoms with Gasteiger partial charge in [0.15, 0.2) is 23.6 Å². The van der Waals surface area contributed by atoms with Crippen LogP contribution in [0.25, 0.3) is 0 Å². The third-order valence-corrected chi connectivity index (χ3v) is 5.73. The van der Waals surface area contributed by atoms with E-state index in [2.05, 4.69) is 0 Å². The van der Waals surface area contributed by atoms with Gasteiger partial charge in [0.25, 0.3) is 0 Å². The summed E-state index contributed by atoms with van der Waals surface area (Å²) >= 11 is 0. The highest BCUT2D eigenvalue weighted by molar-refractivity contribution is 5.87. The van der Waals surface area contributed by atoms with Crippen LogP contribution in [-0.2, 0) is 28.5 Å². The number of fused-ring (bicyclic) bond motifs is 3. The van der Waals surface area contributed by atoms with Gasteiger partial charge in [-0.1, -0.05) is 0 Å². The summed E-state index contributed by atoms with van der Waals surface area (Å²) in [6.45, 7) is 5.14. The first-order chi connectivity index (χ1) is 11.4. The Morgan fingerprint density at radius 1 is 1.38 bits per heavy atom. The first-order valence-electron chi connectivity index (χ1n) is 8.18. The molecule has 2 bridgehead atoms. The lowest BCUT2D eigenvalue weighted by Gasteiger charge is -2.22. The highest BCUT2D eigenvalue weighted by Gasteiger charge is 2.75. The van der Waals surface area contributed by atoms with Crippen LogP contribution in [0.1, 0.15) is 55.8 Å². The number of epoxide rings is 2. The summed E-state index contributed by atoms with van der Waals surface area (Å²) in [7, 11) is 0. The normalized spacial score (nSPS) is 44.7. The number of aryl methyl sites for hydroxylation is 1. The van der Waals surface area contributed by atoms with Crippen molar-refractivity contribution in [2.24, 2.45) is 0 Å². The van der Waals surface area contributed by atoms with Gasteiger partial charge in [-0.25, -0.2) is 4.79 Å². The number of hydrogen-bond acceptors (Lipinski definition) is 7. The van der Waals surface area contributed by atoms with Gasteiger partial charge in [-0.05, 0) is 32.3 Å². The van der Waals surface area contributed by atoms with E-state index in [1.54, 1.807) is 6.26 Å². The Balaban J connectivity index is 1.66. The van der Waals surface area contributed by atoms with Gasteiger partial charge in [-0.2, -0.15) is 0 Å². The van der Waals surface area contributed by atoms with Gasteiger partial charge in [-0.3, -0.25) is 4.79 Å². The lowest BCUT2D eigenvalue weighted by Crippen LogP contribution is -2.29. The Morgan fingerprint density at radius 2 is 2.17 bits per heavy atom. The zero-order valence-electron chi connectivity index (χ0n) is 13.7. The van der Waals surface area contributed by atoms with E-state index < -0.39 is 29.4 Å². The number of carbonyl (C=O) groups excluding carboxylic acids is 2. The summed E-state index contributed by atoms with van der Waals surface area (Å²) in [5, 5.41) is 0. The van der Waals surface area contributed by atoms with Crippen LogP contribution < -0.4 is 0 Å². The van der Waals surface area contributed by atoms with E-state index in [-0.39, 0.29) is 18.2 Å². The predicted octanol–water partition coefficient (Wildman–Crippen LogP) is 1.88. The van der Waals surface area contributed by atoms with Crippen molar-refractivity contribution in [1.82, 2.24) is 0 Å². The van der Waals surface area contributed by atoms with Crippen molar-refractivity contribution in [3.05, 3.63) is 23.2 Å². The Kier molecular flexibility index (Phi) is 2.54. The van der Waals surface area contributed by atoms with Gasteiger partial charge in [0.1, 0.15) is 11.7 Å². The average molecular weight is 334 g/mol. The topological polar surface area (TPSA) is 90.8 Å². The molecule has 4 heterocycles. The van der Waals surface area contributed by atoms with Gasteiger partial charge in [0.05, 0.1) is 12.4 Å². The van der Waals surface area contributed by atoms with Crippen molar-refractivity contribution in [3.63, 3.8) is 0 Å². The highest BCUT2D eigenvalue weighted by Crippen LogP contribution is 2.61. The van der Waals surface area contributed by atoms with Gasteiger partial charge in [0.2, 0.25) is 0 Å². The van der Waals surface area contributed by atoms with Crippen LogP contribution in [0.2, 0.25) is 0 Å². The van der Waals surface area contributed by atoms with Crippen molar-refractivity contribution < 1.29 is 33.0 Å². The molecule has 3 saturated heterocycles. The van der Waals surface area contributed by atoms with Crippen molar-refractivity contribution in [2.75, 3.05) is 0 Å². The van der Waals surface area contributed by atoms with E-state index in [0.29, 0.717) is 18.6 Å². The maximum absolute atomic E-state index is 12.3. The number of rotatable bonds is 1. The van der Waals surface area contributed by atoms with Crippen LogP contribution in [-0.4, -0.2) is 35.3 Å². The Morgan fingerprint density at radius 3 is 2.88 bits per heavy atom. The predicted molar refractivity (Wildman–Crippen MR) is 76.9 cm³/mol. The van der Waals surface area contributed by atoms with E-state index >= 15 is 0 Å². The molecule has 0 unspecified atom stereocenters. The molecule has 1 aromatic rings. The number of esters is 2. The summed E-state index contributed by atoms with van der Waals surface area (Å²) in [5.74, 6) is -0.246. The van der Waals surface area contributed by atoms with E-state index in [0.717, 1.165) is 11.1 Å². The van der Waals surface area contributed by atoms with Crippen LogP contribution >= 0.6 is 0 Å². The Bertz CT molecular complexity index is 767. The van der Waals surface area contributed by atoms with Crippen LogP contribution in [0.3, 0.4) is 0 Å². The van der Waals surface area contributed by atoms with Crippen LogP contribution in [0.5, 0.6) is 0 Å². The first-order valence-corrected chi connectivity index (χ1v) is 8.18. The molecule has 6 atom stereocenters. The van der Waals surface area contributed by atoms with Crippen LogP contribution in [0.15, 0.2) is 10.7 Å². The monoisotopic (exact) mass is 334 g/mol. The van der Waals surface area contributed by atoms with Crippen molar-refractivity contribution >= 4 is 11.9 Å². The molecule has 0 N–H and O–H groups in total. The molecule has 1 aliphatic carbocycles. The SMILES string of the molecule is CC(=O)O[C@@H]1c2occ(C)c2[C@@H]2OC(=O)[C@]3(CC[C@H]4O[C@]14C)O[C@H]23. The molecular formula is C17H18O7. The van der Waals surface area contributed by atoms with Gasteiger partial charge < -0.3 is 23.4 Å². The van der Waals surface area contributed by atoms with Gasteiger partial charge in [0, 0.05) is 12.5 Å². The molecular weight excluding hydrogens is 316 g/mol. The van der Waals surface area contributed by atoms with E-state index in [9.17, 15) is 9.59 Å². The van der Waals surface area contributed by atoms with E-state index in [1.165, 1.54) is 6.92 Å². The lowest BCUT2D eigenvalue weighted by atomic mass is 9.86. The molecule has 7 nitrogen and oxygen atoms in total. The minimum absolute atomic E-state index is 0.121. The smallest absolute Gasteiger partial charge is 0.342 e. The van der Waals surface area contributed by atoms with Crippen molar-refractivity contribution in [2.45, 2.75) is 69.2 Å². The molecule has 24 heavy (non-hydrogen) atoms. The number of hydrogen-bond donors (Lipinski definition) is 0. The third kappa shape index (κ3) is 1.64. The fourth-order valence-electron chi connectivity index (χ4n) is 4.29. The Labute approximate surface area is 138 Å². The summed E-state index contributed by atoms with van der Waals surface area (Å²) in [4.78, 5) is 24.0. The molecule has 0 saturated carbocycles. The van der Waals surface area contributed by atoms with Gasteiger partial charge >= 0.3 is 11.9 Å². The van der Waals surface area contributed by atoms with Crippen LogP contribution in [0, 0.1) is 6.92 Å². The summed E-state index contributed by atoms with van der Waals surface area (Å²) in [5.41, 5.74) is 0.0715. The molecule has 0 aromatic carbocycles. The van der Waals surface area contributed by atoms with Crippen molar-refractivity contribution in [1.29, 1.82) is 0 Å². The molecule has 0 radical (unpaired) electrons. The quantitative estimate of drug-likeness (QED) is 0.572. The summed E-state index contributed by atoms with van der Waals surface area (Å²) in [6.07, 6.45) is 1.16. The fourth-order valence-corrected chi connectivity index (χ4v) is 4.29. The molecule has 128 valence electrons. The summed E-state index contributed by atoms with van der Waals surface area (Å²) < 4.78 is 28.6. The standard InChI is InChI=1S/C17H18O7/c1-7-6-20-11-10(7)12-14-17(24-14,15(19)22-12)5-4-9-16(3,23-9)13(11)21-8(2)18/h6,9,12-14H,4-5H2,1-3H3/t9-,12+,13-,14-,16+,17-/m1/s1. The molecule has 3 fully saturated rings. The van der Waals surface area contributed by atoms with E-state index in [1.807, 2.05) is 13.8 Å².